The molecule has 2 heterocycles. The van der Waals surface area contributed by atoms with E-state index in [1.807, 2.05) is 39.8 Å². The summed E-state index contributed by atoms with van der Waals surface area (Å²) < 4.78 is 30.9. The monoisotopic (exact) mass is 630 g/mol. The zero-order valence-corrected chi connectivity index (χ0v) is 25.6. The van der Waals surface area contributed by atoms with Gasteiger partial charge in [0.15, 0.2) is 27.8 Å². The molecule has 0 radical (unpaired) electrons. The van der Waals surface area contributed by atoms with Gasteiger partial charge in [0.1, 0.15) is 0 Å². The molecule has 1 aromatic heterocycles. The van der Waals surface area contributed by atoms with Crippen molar-refractivity contribution in [1.29, 1.82) is 0 Å². The van der Waals surface area contributed by atoms with Gasteiger partial charge in [0.25, 0.3) is 5.56 Å². The van der Waals surface area contributed by atoms with Crippen molar-refractivity contribution in [3.8, 4) is 23.0 Å². The van der Waals surface area contributed by atoms with Crippen LogP contribution in [-0.4, -0.2) is 44.1 Å². The van der Waals surface area contributed by atoms with Crippen LogP contribution in [0.3, 0.4) is 0 Å². The maximum absolute atomic E-state index is 14.0. The molecule has 0 spiro atoms. The van der Waals surface area contributed by atoms with Crippen LogP contribution in [0.5, 0.6) is 23.0 Å². The molecule has 0 fully saturated rings. The number of fused-ring (bicyclic) bond motifs is 1. The van der Waals surface area contributed by atoms with Crippen LogP contribution in [-0.2, 0) is 9.53 Å². The van der Waals surface area contributed by atoms with Gasteiger partial charge in [-0.15, -0.1) is 0 Å². The molecule has 212 valence electrons. The number of ether oxygens (including phenoxy) is 5. The molecular formula is C29H31BrN2O7S. The number of methoxy groups -OCH3 is 2. The molecule has 11 heteroatoms. The summed E-state index contributed by atoms with van der Waals surface area (Å²) in [7, 11) is 2.86. The topological polar surface area (TPSA) is 97.6 Å². The second kappa shape index (κ2) is 12.7. The van der Waals surface area contributed by atoms with E-state index in [1.165, 1.54) is 29.2 Å². The largest absolute Gasteiger partial charge is 0.493 e. The van der Waals surface area contributed by atoms with E-state index in [1.54, 1.807) is 31.4 Å². The average Bonchev–Trinajstić information content (AvgIpc) is 3.24. The van der Waals surface area contributed by atoms with Crippen molar-refractivity contribution in [2.24, 2.45) is 4.99 Å². The molecule has 2 aromatic carbocycles. The minimum Gasteiger partial charge on any atom is -0.493 e. The quantitative estimate of drug-likeness (QED) is 0.307. The van der Waals surface area contributed by atoms with Crippen LogP contribution in [0.2, 0.25) is 0 Å². The fourth-order valence-electron chi connectivity index (χ4n) is 4.34. The van der Waals surface area contributed by atoms with Gasteiger partial charge in [0.2, 0.25) is 0 Å². The second-order valence-corrected chi connectivity index (χ2v) is 10.9. The van der Waals surface area contributed by atoms with E-state index in [2.05, 4.69) is 20.9 Å². The molecule has 1 aliphatic heterocycles. The Morgan fingerprint density at radius 1 is 1.10 bits per heavy atom. The summed E-state index contributed by atoms with van der Waals surface area (Å²) in [6, 6.07) is 8.25. The first kappa shape index (κ1) is 29.4. The molecule has 0 saturated carbocycles. The normalized spacial score (nSPS) is 14.8. The third-order valence-corrected chi connectivity index (χ3v) is 7.37. The number of carbonyl (C=O) groups is 1. The first-order valence-electron chi connectivity index (χ1n) is 12.7. The number of benzene rings is 2. The van der Waals surface area contributed by atoms with Gasteiger partial charge in [0, 0.05) is 16.2 Å². The van der Waals surface area contributed by atoms with Crippen molar-refractivity contribution < 1.29 is 28.5 Å². The van der Waals surface area contributed by atoms with Crippen LogP contribution in [0.15, 0.2) is 56.4 Å². The lowest BCUT2D eigenvalue weighted by molar-refractivity contribution is -0.136. The number of thiazole rings is 1. The Balaban J connectivity index is 1.94. The summed E-state index contributed by atoms with van der Waals surface area (Å²) in [4.78, 5) is 31.7. The predicted molar refractivity (Wildman–Crippen MR) is 156 cm³/mol. The molecule has 9 nitrogen and oxygen atoms in total. The fourth-order valence-corrected chi connectivity index (χ4v) is 5.75. The highest BCUT2D eigenvalue weighted by Crippen LogP contribution is 2.37. The number of carbonyl (C=O) groups excluding carboxylic acids is 1. The highest BCUT2D eigenvalue weighted by atomic mass is 79.9. The second-order valence-electron chi connectivity index (χ2n) is 8.94. The zero-order valence-electron chi connectivity index (χ0n) is 23.1. The highest BCUT2D eigenvalue weighted by molar-refractivity contribution is 9.10. The van der Waals surface area contributed by atoms with Gasteiger partial charge in [-0.2, -0.15) is 0 Å². The summed E-state index contributed by atoms with van der Waals surface area (Å²) in [6.45, 7) is 8.48. The first-order chi connectivity index (χ1) is 19.2. The van der Waals surface area contributed by atoms with Crippen LogP contribution in [0, 0.1) is 0 Å². The van der Waals surface area contributed by atoms with E-state index in [-0.39, 0.29) is 17.2 Å². The maximum atomic E-state index is 14.0. The molecule has 0 bridgehead atoms. The summed E-state index contributed by atoms with van der Waals surface area (Å²) in [5.41, 5.74) is 1.22. The van der Waals surface area contributed by atoms with Crippen molar-refractivity contribution in [3.63, 3.8) is 0 Å². The summed E-state index contributed by atoms with van der Waals surface area (Å²) in [5, 5.41) is 0. The summed E-state index contributed by atoms with van der Waals surface area (Å²) in [5.74, 6) is 1.56. The number of hydrogen-bond donors (Lipinski definition) is 0. The van der Waals surface area contributed by atoms with Crippen LogP contribution in [0.25, 0.3) is 6.08 Å². The Kier molecular flexibility index (Phi) is 9.36. The molecule has 0 N–H and O–H groups in total. The standard InChI is InChI=1S/C29H31BrN2O7S/c1-7-37-21-10-9-17(12-22(21)38-8-2)25-20(28(34)36-6)15-31-29-32(25)27(33)24(40-29)13-18-11-19(30)14-23(35-5)26(18)39-16(3)4/h9-16,25H,7-8H2,1-6H3/b24-13+/t25-/m1/s1. The number of rotatable bonds is 10. The molecule has 4 rings (SSSR count). The van der Waals surface area contributed by atoms with Crippen LogP contribution < -0.4 is 33.8 Å². The van der Waals surface area contributed by atoms with Gasteiger partial charge in [0.05, 0.1) is 49.7 Å². The summed E-state index contributed by atoms with van der Waals surface area (Å²) >= 11 is 4.73. The van der Waals surface area contributed by atoms with Gasteiger partial charge in [-0.25, -0.2) is 9.79 Å². The van der Waals surface area contributed by atoms with E-state index in [9.17, 15) is 9.59 Å². The van der Waals surface area contributed by atoms with Gasteiger partial charge < -0.3 is 23.7 Å². The van der Waals surface area contributed by atoms with Crippen LogP contribution >= 0.6 is 27.3 Å². The van der Waals surface area contributed by atoms with E-state index >= 15 is 0 Å². The Morgan fingerprint density at radius 3 is 2.48 bits per heavy atom. The Bertz CT molecular complexity index is 1620. The number of esters is 1. The number of halogens is 1. The van der Waals surface area contributed by atoms with E-state index in [4.69, 9.17) is 23.7 Å². The van der Waals surface area contributed by atoms with E-state index in [0.717, 1.165) is 4.47 Å². The van der Waals surface area contributed by atoms with Crippen LogP contribution in [0.1, 0.15) is 44.9 Å². The van der Waals surface area contributed by atoms with Gasteiger partial charge in [-0.3, -0.25) is 9.36 Å². The predicted octanol–water partition coefficient (Wildman–Crippen LogP) is 4.37. The van der Waals surface area contributed by atoms with Crippen molar-refractivity contribution in [2.75, 3.05) is 27.4 Å². The zero-order chi connectivity index (χ0) is 29.0. The molecule has 0 aliphatic carbocycles. The van der Waals surface area contributed by atoms with Crippen molar-refractivity contribution in [3.05, 3.63) is 77.4 Å². The van der Waals surface area contributed by atoms with Crippen molar-refractivity contribution >= 4 is 39.3 Å². The lowest BCUT2D eigenvalue weighted by atomic mass is 9.97. The summed E-state index contributed by atoms with van der Waals surface area (Å²) in [6.07, 6.45) is 3.08. The lowest BCUT2D eigenvalue weighted by Gasteiger charge is -2.23. The first-order valence-corrected chi connectivity index (χ1v) is 14.4. The SMILES string of the molecule is CCOc1ccc([C@@H]2C(C(=O)OC)=CN=c3s/c(=C/c4cc(Br)cc(OC)c4OC(C)C)c(=O)n32)cc1OCC. The lowest BCUT2D eigenvalue weighted by Crippen LogP contribution is -2.39. The van der Waals surface area contributed by atoms with Gasteiger partial charge in [-0.05, 0) is 63.6 Å². The van der Waals surface area contributed by atoms with Crippen LogP contribution in [0.4, 0.5) is 0 Å². The average molecular weight is 632 g/mol. The minimum absolute atomic E-state index is 0.120. The van der Waals surface area contributed by atoms with E-state index < -0.39 is 12.0 Å². The van der Waals surface area contributed by atoms with Gasteiger partial charge >= 0.3 is 5.97 Å². The Labute approximate surface area is 244 Å². The smallest absolute Gasteiger partial charge is 0.337 e. The number of aromatic nitrogens is 1. The molecule has 1 aliphatic rings. The molecule has 40 heavy (non-hydrogen) atoms. The molecule has 0 unspecified atom stereocenters. The minimum atomic E-state index is -0.788. The third kappa shape index (κ3) is 5.95. The maximum Gasteiger partial charge on any atom is 0.337 e. The number of nitrogens with zero attached hydrogens (tertiary/aromatic N) is 2. The Hall–Kier alpha value is -3.57. The number of hydrogen-bond acceptors (Lipinski definition) is 9. The van der Waals surface area contributed by atoms with Crippen molar-refractivity contribution in [2.45, 2.75) is 39.8 Å². The Morgan fingerprint density at radius 2 is 1.82 bits per heavy atom. The molecular weight excluding hydrogens is 600 g/mol. The molecule has 0 saturated heterocycles. The highest BCUT2D eigenvalue weighted by Gasteiger charge is 2.31. The third-order valence-electron chi connectivity index (χ3n) is 5.92. The van der Waals surface area contributed by atoms with Crippen molar-refractivity contribution in [1.82, 2.24) is 4.57 Å². The fraction of sp³-hybridized carbons (Fsp3) is 0.345. The molecule has 0 amide bonds. The van der Waals surface area contributed by atoms with E-state index in [0.29, 0.717) is 56.7 Å². The molecule has 1 atom stereocenters. The van der Waals surface area contributed by atoms with Gasteiger partial charge in [-0.1, -0.05) is 33.3 Å². The molecule has 3 aromatic rings.